The molecule has 0 spiro atoms. The second-order valence-corrected chi connectivity index (χ2v) is 3.13. The van der Waals surface area contributed by atoms with Gasteiger partial charge in [0.25, 0.3) is 5.91 Å². The number of carbonyl (C=O) groups excluding carboxylic acids is 1. The Balaban J connectivity index is 2.90. The van der Waals surface area contributed by atoms with Crippen molar-refractivity contribution in [3.63, 3.8) is 0 Å². The van der Waals surface area contributed by atoms with E-state index in [-0.39, 0.29) is 5.91 Å². The third-order valence-corrected chi connectivity index (χ3v) is 1.92. The summed E-state index contributed by atoms with van der Waals surface area (Å²) in [6.07, 6.45) is 6.80. The van der Waals surface area contributed by atoms with E-state index in [0.29, 0.717) is 17.9 Å². The summed E-state index contributed by atoms with van der Waals surface area (Å²) in [5.41, 5.74) is 6.68. The summed E-state index contributed by atoms with van der Waals surface area (Å²) in [5.74, 6) is 2.29. The van der Waals surface area contributed by atoms with E-state index < -0.39 is 0 Å². The number of nitrogens with zero attached hydrogens (tertiary/aromatic N) is 2. The van der Waals surface area contributed by atoms with Crippen molar-refractivity contribution in [2.75, 3.05) is 19.3 Å². The highest BCUT2D eigenvalue weighted by atomic mass is 16.2. The third kappa shape index (κ3) is 1.88. The van der Waals surface area contributed by atoms with Crippen molar-refractivity contribution in [2.24, 2.45) is 7.05 Å². The number of aromatic nitrogens is 1. The minimum Gasteiger partial charge on any atom is -0.397 e. The van der Waals surface area contributed by atoms with Crippen molar-refractivity contribution in [3.8, 4) is 12.3 Å². The van der Waals surface area contributed by atoms with Crippen LogP contribution in [0.15, 0.2) is 12.3 Å². The van der Waals surface area contributed by atoms with Crippen LogP contribution in [-0.4, -0.2) is 29.0 Å². The quantitative estimate of drug-likeness (QED) is 0.684. The molecule has 74 valence electrons. The predicted molar refractivity (Wildman–Crippen MR) is 55.6 cm³/mol. The molecular weight excluding hydrogens is 178 g/mol. The fraction of sp³-hybridized carbons (Fsp3) is 0.300. The maximum Gasteiger partial charge on any atom is 0.271 e. The van der Waals surface area contributed by atoms with E-state index in [1.165, 1.54) is 4.90 Å². The first kappa shape index (κ1) is 10.2. The van der Waals surface area contributed by atoms with E-state index in [9.17, 15) is 4.79 Å². The van der Waals surface area contributed by atoms with Gasteiger partial charge in [-0.2, -0.15) is 0 Å². The third-order valence-electron chi connectivity index (χ3n) is 1.92. The van der Waals surface area contributed by atoms with Gasteiger partial charge < -0.3 is 15.2 Å². The SMILES string of the molecule is C#CCN(C)C(=O)c1cc(N)cn1C. The first-order valence-corrected chi connectivity index (χ1v) is 4.17. The second-order valence-electron chi connectivity index (χ2n) is 3.13. The average Bonchev–Trinajstić information content (AvgIpc) is 2.44. The van der Waals surface area contributed by atoms with E-state index in [4.69, 9.17) is 12.2 Å². The normalized spacial score (nSPS) is 9.50. The lowest BCUT2D eigenvalue weighted by molar-refractivity contribution is 0.0803. The van der Waals surface area contributed by atoms with Gasteiger partial charge in [0, 0.05) is 20.3 Å². The van der Waals surface area contributed by atoms with Crippen LogP contribution in [0.4, 0.5) is 5.69 Å². The van der Waals surface area contributed by atoms with Crippen LogP contribution in [0.1, 0.15) is 10.5 Å². The maximum absolute atomic E-state index is 11.7. The van der Waals surface area contributed by atoms with Crippen molar-refractivity contribution >= 4 is 11.6 Å². The zero-order valence-electron chi connectivity index (χ0n) is 8.32. The molecule has 0 saturated carbocycles. The molecule has 0 bridgehead atoms. The number of nitrogens with two attached hydrogens (primary N) is 1. The Hall–Kier alpha value is -1.89. The van der Waals surface area contributed by atoms with Gasteiger partial charge in [0.15, 0.2) is 0 Å². The Labute approximate surface area is 83.3 Å². The van der Waals surface area contributed by atoms with Crippen LogP contribution in [0.2, 0.25) is 0 Å². The van der Waals surface area contributed by atoms with Crippen LogP contribution in [0.3, 0.4) is 0 Å². The van der Waals surface area contributed by atoms with Crippen LogP contribution in [0.25, 0.3) is 0 Å². The first-order chi connectivity index (χ1) is 6.56. The van der Waals surface area contributed by atoms with E-state index in [1.54, 1.807) is 30.9 Å². The molecule has 0 saturated heterocycles. The van der Waals surface area contributed by atoms with Crippen LogP contribution in [0, 0.1) is 12.3 Å². The van der Waals surface area contributed by atoms with Gasteiger partial charge in [-0.1, -0.05) is 5.92 Å². The number of hydrogen-bond acceptors (Lipinski definition) is 2. The molecule has 0 aliphatic carbocycles. The summed E-state index contributed by atoms with van der Waals surface area (Å²) in [7, 11) is 3.43. The van der Waals surface area contributed by atoms with Gasteiger partial charge in [-0.3, -0.25) is 4.79 Å². The van der Waals surface area contributed by atoms with Crippen molar-refractivity contribution in [2.45, 2.75) is 0 Å². The molecule has 2 N–H and O–H groups in total. The Bertz CT molecular complexity index is 387. The predicted octanol–water partition coefficient (Wildman–Crippen LogP) is 0.312. The molecular formula is C10H13N3O. The minimum atomic E-state index is -0.123. The topological polar surface area (TPSA) is 51.3 Å². The summed E-state index contributed by atoms with van der Waals surface area (Å²) >= 11 is 0. The van der Waals surface area contributed by atoms with Crippen molar-refractivity contribution in [1.82, 2.24) is 9.47 Å². The highest BCUT2D eigenvalue weighted by Crippen LogP contribution is 2.10. The summed E-state index contributed by atoms with van der Waals surface area (Å²) in [6.45, 7) is 0.296. The Morgan fingerprint density at radius 1 is 1.79 bits per heavy atom. The number of hydrogen-bond donors (Lipinski definition) is 1. The first-order valence-electron chi connectivity index (χ1n) is 4.17. The second kappa shape index (κ2) is 3.88. The molecule has 0 radical (unpaired) electrons. The van der Waals surface area contributed by atoms with Gasteiger partial charge in [0.1, 0.15) is 5.69 Å². The number of rotatable bonds is 2. The van der Waals surface area contributed by atoms with Crippen molar-refractivity contribution in [3.05, 3.63) is 18.0 Å². The van der Waals surface area contributed by atoms with Crippen LogP contribution in [0.5, 0.6) is 0 Å². The van der Waals surface area contributed by atoms with Gasteiger partial charge in [0.2, 0.25) is 0 Å². The Morgan fingerprint density at radius 2 is 2.43 bits per heavy atom. The molecule has 4 heteroatoms. The highest BCUT2D eigenvalue weighted by Gasteiger charge is 2.14. The highest BCUT2D eigenvalue weighted by molar-refractivity contribution is 5.93. The molecule has 0 fully saturated rings. The van der Waals surface area contributed by atoms with Crippen LogP contribution < -0.4 is 5.73 Å². The molecule has 4 nitrogen and oxygen atoms in total. The molecule has 0 unspecified atom stereocenters. The molecule has 1 aromatic heterocycles. The zero-order chi connectivity index (χ0) is 10.7. The molecule has 1 rings (SSSR count). The lowest BCUT2D eigenvalue weighted by Gasteiger charge is -2.13. The fourth-order valence-corrected chi connectivity index (χ4v) is 1.21. The lowest BCUT2D eigenvalue weighted by atomic mass is 10.3. The van der Waals surface area contributed by atoms with Gasteiger partial charge in [-0.15, -0.1) is 6.42 Å². The molecule has 0 aliphatic heterocycles. The number of terminal acetylenes is 1. The monoisotopic (exact) mass is 191 g/mol. The molecule has 1 heterocycles. The summed E-state index contributed by atoms with van der Waals surface area (Å²) in [5, 5.41) is 0. The molecule has 14 heavy (non-hydrogen) atoms. The average molecular weight is 191 g/mol. The Kier molecular flexibility index (Phi) is 2.82. The largest absolute Gasteiger partial charge is 0.397 e. The van der Waals surface area contributed by atoms with Crippen molar-refractivity contribution in [1.29, 1.82) is 0 Å². The number of amides is 1. The summed E-state index contributed by atoms with van der Waals surface area (Å²) in [6, 6.07) is 1.63. The van der Waals surface area contributed by atoms with Gasteiger partial charge in [-0.25, -0.2) is 0 Å². The number of carbonyl (C=O) groups is 1. The molecule has 0 aromatic carbocycles. The number of nitrogen functional groups attached to an aromatic ring is 1. The molecule has 0 aliphatic rings. The van der Waals surface area contributed by atoms with E-state index in [0.717, 1.165) is 0 Å². The summed E-state index contributed by atoms with van der Waals surface area (Å²) in [4.78, 5) is 13.2. The van der Waals surface area contributed by atoms with Crippen LogP contribution >= 0.6 is 0 Å². The van der Waals surface area contributed by atoms with Crippen molar-refractivity contribution < 1.29 is 4.79 Å². The van der Waals surface area contributed by atoms with E-state index in [2.05, 4.69) is 5.92 Å². The van der Waals surface area contributed by atoms with E-state index >= 15 is 0 Å². The summed E-state index contributed by atoms with van der Waals surface area (Å²) < 4.78 is 1.69. The molecule has 0 atom stereocenters. The standard InChI is InChI=1S/C10H13N3O/c1-4-5-12(2)10(14)9-6-8(11)7-13(9)3/h1,6-7H,5,11H2,2-3H3. The number of aryl methyl sites for hydroxylation is 1. The smallest absolute Gasteiger partial charge is 0.271 e. The lowest BCUT2D eigenvalue weighted by Crippen LogP contribution is -2.28. The zero-order valence-corrected chi connectivity index (χ0v) is 8.32. The fourth-order valence-electron chi connectivity index (χ4n) is 1.21. The minimum absolute atomic E-state index is 0.123. The molecule has 1 amide bonds. The van der Waals surface area contributed by atoms with Gasteiger partial charge in [-0.05, 0) is 6.07 Å². The van der Waals surface area contributed by atoms with E-state index in [1.807, 2.05) is 0 Å². The maximum atomic E-state index is 11.7. The van der Waals surface area contributed by atoms with Crippen LogP contribution in [-0.2, 0) is 7.05 Å². The van der Waals surface area contributed by atoms with Gasteiger partial charge in [0.05, 0.1) is 12.2 Å². The van der Waals surface area contributed by atoms with Gasteiger partial charge >= 0.3 is 0 Å². The Morgan fingerprint density at radius 3 is 2.86 bits per heavy atom. The molecule has 1 aromatic rings. The number of anilines is 1.